The van der Waals surface area contributed by atoms with Gasteiger partial charge in [0.25, 0.3) is 0 Å². The van der Waals surface area contributed by atoms with E-state index in [1.807, 2.05) is 30.3 Å². The lowest BCUT2D eigenvalue weighted by atomic mass is 10.0. The lowest BCUT2D eigenvalue weighted by Crippen LogP contribution is -2.53. The van der Waals surface area contributed by atoms with Gasteiger partial charge in [-0.1, -0.05) is 55.0 Å². The third kappa shape index (κ3) is 5.67. The molecule has 2 aromatic carbocycles. The first-order chi connectivity index (χ1) is 14.5. The Balaban J connectivity index is 1.53. The number of hydrogen-bond acceptors (Lipinski definition) is 4. The zero-order valence-corrected chi connectivity index (χ0v) is 17.6. The summed E-state index contributed by atoms with van der Waals surface area (Å²) in [6.45, 7) is 0.582. The molecule has 2 amide bonds. The van der Waals surface area contributed by atoms with Crippen LogP contribution in [0.2, 0.25) is 0 Å². The Hall–Kier alpha value is -2.71. The van der Waals surface area contributed by atoms with Gasteiger partial charge in [0, 0.05) is 13.1 Å². The van der Waals surface area contributed by atoms with Crippen LogP contribution >= 0.6 is 0 Å². The predicted molar refractivity (Wildman–Crippen MR) is 114 cm³/mol. The molecule has 8 heteroatoms. The van der Waals surface area contributed by atoms with E-state index in [4.69, 9.17) is 0 Å². The van der Waals surface area contributed by atoms with E-state index in [1.165, 1.54) is 16.4 Å². The topological polar surface area (TPSA) is 95.6 Å². The van der Waals surface area contributed by atoms with Crippen LogP contribution in [0.5, 0.6) is 0 Å². The fraction of sp³-hybridized carbons (Fsp3) is 0.364. The van der Waals surface area contributed by atoms with Crippen LogP contribution in [0.15, 0.2) is 65.6 Å². The third-order valence-corrected chi connectivity index (χ3v) is 7.03. The molecule has 1 aliphatic heterocycles. The second-order valence-electron chi connectivity index (χ2n) is 7.24. The normalized spacial score (nSPS) is 17.3. The summed E-state index contributed by atoms with van der Waals surface area (Å²) in [4.78, 5) is 24.9. The third-order valence-electron chi connectivity index (χ3n) is 5.11. The van der Waals surface area contributed by atoms with Crippen molar-refractivity contribution < 1.29 is 18.0 Å². The molecule has 1 aliphatic rings. The molecule has 1 heterocycles. The second-order valence-corrected chi connectivity index (χ2v) is 9.13. The molecule has 0 saturated carbocycles. The highest BCUT2D eigenvalue weighted by molar-refractivity contribution is 7.89. The van der Waals surface area contributed by atoms with Crippen LogP contribution in [-0.2, 0) is 26.0 Å². The van der Waals surface area contributed by atoms with Gasteiger partial charge in [-0.25, -0.2) is 8.42 Å². The molecule has 0 spiro atoms. The predicted octanol–water partition coefficient (Wildman–Crippen LogP) is 1.70. The van der Waals surface area contributed by atoms with E-state index in [-0.39, 0.29) is 17.3 Å². The van der Waals surface area contributed by atoms with Gasteiger partial charge in [-0.15, -0.1) is 0 Å². The van der Waals surface area contributed by atoms with Crippen molar-refractivity contribution in [1.82, 2.24) is 14.9 Å². The number of piperidine rings is 1. The maximum absolute atomic E-state index is 13.0. The standard InChI is InChI=1S/C22H27N3O4S/c26-21(23-15-14-18-9-3-1-4-10-18)17-24-22(27)20-13-7-8-16-25(20)30(28,29)19-11-5-2-6-12-19/h1-6,9-12,20H,7-8,13-17H2,(H,23,26)(H,24,27). The lowest BCUT2D eigenvalue weighted by Gasteiger charge is -2.33. The molecule has 0 aromatic heterocycles. The number of amides is 2. The lowest BCUT2D eigenvalue weighted by molar-refractivity contribution is -0.129. The van der Waals surface area contributed by atoms with Gasteiger partial charge < -0.3 is 10.6 Å². The number of benzene rings is 2. The molecule has 7 nitrogen and oxygen atoms in total. The van der Waals surface area contributed by atoms with Crippen molar-refractivity contribution in [2.24, 2.45) is 0 Å². The minimum Gasteiger partial charge on any atom is -0.354 e. The van der Waals surface area contributed by atoms with Crippen molar-refractivity contribution in [2.45, 2.75) is 36.6 Å². The minimum atomic E-state index is -3.77. The molecule has 1 atom stereocenters. The highest BCUT2D eigenvalue weighted by atomic mass is 32.2. The number of sulfonamides is 1. The van der Waals surface area contributed by atoms with Gasteiger partial charge in [0.1, 0.15) is 6.04 Å². The summed E-state index contributed by atoms with van der Waals surface area (Å²) in [5, 5.41) is 5.37. The maximum atomic E-state index is 13.0. The summed E-state index contributed by atoms with van der Waals surface area (Å²) in [5.41, 5.74) is 1.12. The van der Waals surface area contributed by atoms with Crippen LogP contribution in [0, 0.1) is 0 Å². The molecule has 0 aliphatic carbocycles. The average molecular weight is 430 g/mol. The number of carbonyl (C=O) groups excluding carboxylic acids is 2. The Morgan fingerprint density at radius 2 is 1.60 bits per heavy atom. The molecular weight excluding hydrogens is 402 g/mol. The number of carbonyl (C=O) groups is 2. The summed E-state index contributed by atoms with van der Waals surface area (Å²) in [6.07, 6.45) is 2.61. The number of hydrogen-bond donors (Lipinski definition) is 2. The van der Waals surface area contributed by atoms with Gasteiger partial charge in [-0.2, -0.15) is 4.31 Å². The Morgan fingerprint density at radius 3 is 2.30 bits per heavy atom. The van der Waals surface area contributed by atoms with Crippen molar-refractivity contribution in [3.8, 4) is 0 Å². The first kappa shape index (κ1) is 22.0. The van der Waals surface area contributed by atoms with Crippen molar-refractivity contribution in [2.75, 3.05) is 19.6 Å². The molecule has 160 valence electrons. The summed E-state index contributed by atoms with van der Waals surface area (Å²) in [6, 6.07) is 17.1. The SMILES string of the molecule is O=C(CNC(=O)C1CCCCN1S(=O)(=O)c1ccccc1)NCCc1ccccc1. The Bertz CT molecular complexity index is 949. The van der Waals surface area contributed by atoms with Crippen LogP contribution in [0.3, 0.4) is 0 Å². The molecule has 0 bridgehead atoms. The van der Waals surface area contributed by atoms with Gasteiger partial charge in [0.2, 0.25) is 21.8 Å². The van der Waals surface area contributed by atoms with E-state index in [2.05, 4.69) is 10.6 Å². The summed E-state index contributed by atoms with van der Waals surface area (Å²) in [5.74, 6) is -0.736. The Kier molecular flexibility index (Phi) is 7.59. The molecule has 0 radical (unpaired) electrons. The van der Waals surface area contributed by atoms with E-state index in [0.29, 0.717) is 32.4 Å². The summed E-state index contributed by atoms with van der Waals surface area (Å²) < 4.78 is 27.2. The molecule has 1 saturated heterocycles. The monoisotopic (exact) mass is 429 g/mol. The first-order valence-corrected chi connectivity index (χ1v) is 11.6. The van der Waals surface area contributed by atoms with Crippen LogP contribution in [0.25, 0.3) is 0 Å². The molecule has 1 fully saturated rings. The first-order valence-electron chi connectivity index (χ1n) is 10.1. The zero-order chi connectivity index (χ0) is 21.4. The number of nitrogens with zero attached hydrogens (tertiary/aromatic N) is 1. The average Bonchev–Trinajstić information content (AvgIpc) is 2.79. The molecule has 30 heavy (non-hydrogen) atoms. The van der Waals surface area contributed by atoms with Crippen LogP contribution in [-0.4, -0.2) is 50.2 Å². The van der Waals surface area contributed by atoms with Crippen LogP contribution in [0.1, 0.15) is 24.8 Å². The van der Waals surface area contributed by atoms with E-state index in [9.17, 15) is 18.0 Å². The number of nitrogens with one attached hydrogen (secondary N) is 2. The van der Waals surface area contributed by atoms with Gasteiger partial charge >= 0.3 is 0 Å². The summed E-state index contributed by atoms with van der Waals surface area (Å²) in [7, 11) is -3.77. The highest BCUT2D eigenvalue weighted by Gasteiger charge is 2.37. The molecule has 2 N–H and O–H groups in total. The molecule has 3 rings (SSSR count). The van der Waals surface area contributed by atoms with Gasteiger partial charge in [-0.05, 0) is 37.0 Å². The smallest absolute Gasteiger partial charge is 0.243 e. The van der Waals surface area contributed by atoms with Gasteiger partial charge in [0.15, 0.2) is 0 Å². The maximum Gasteiger partial charge on any atom is 0.243 e. The minimum absolute atomic E-state index is 0.170. The largest absolute Gasteiger partial charge is 0.354 e. The summed E-state index contributed by atoms with van der Waals surface area (Å²) >= 11 is 0. The Morgan fingerprint density at radius 1 is 0.933 bits per heavy atom. The molecule has 1 unspecified atom stereocenters. The van der Waals surface area contributed by atoms with Gasteiger partial charge in [0.05, 0.1) is 11.4 Å². The van der Waals surface area contributed by atoms with Crippen molar-refractivity contribution >= 4 is 21.8 Å². The van der Waals surface area contributed by atoms with Crippen LogP contribution < -0.4 is 10.6 Å². The molecule has 2 aromatic rings. The van der Waals surface area contributed by atoms with E-state index in [0.717, 1.165) is 12.0 Å². The van der Waals surface area contributed by atoms with E-state index >= 15 is 0 Å². The fourth-order valence-electron chi connectivity index (χ4n) is 3.52. The Labute approximate surface area is 177 Å². The number of rotatable bonds is 8. The zero-order valence-electron chi connectivity index (χ0n) is 16.8. The van der Waals surface area contributed by atoms with Gasteiger partial charge in [-0.3, -0.25) is 9.59 Å². The molecular formula is C22H27N3O4S. The second kappa shape index (κ2) is 10.4. The fourth-order valence-corrected chi connectivity index (χ4v) is 5.20. The van der Waals surface area contributed by atoms with Crippen molar-refractivity contribution in [1.29, 1.82) is 0 Å². The highest BCUT2D eigenvalue weighted by Crippen LogP contribution is 2.25. The van der Waals surface area contributed by atoms with E-state index in [1.54, 1.807) is 18.2 Å². The van der Waals surface area contributed by atoms with Crippen LogP contribution in [0.4, 0.5) is 0 Å². The quantitative estimate of drug-likeness (QED) is 0.668. The van der Waals surface area contributed by atoms with Crippen molar-refractivity contribution in [3.05, 3.63) is 66.2 Å². The van der Waals surface area contributed by atoms with Crippen molar-refractivity contribution in [3.63, 3.8) is 0 Å². The van der Waals surface area contributed by atoms with E-state index < -0.39 is 22.0 Å².